The molecule has 0 fully saturated rings. The number of nitrogens with zero attached hydrogens (tertiary/aromatic N) is 3. The lowest BCUT2D eigenvalue weighted by atomic mass is 10.1. The SMILES string of the molecule is Fc1ccccc1CCNc1cnnc(NCc2ccc(Cl)cc2)n1. The summed E-state index contributed by atoms with van der Waals surface area (Å²) in [6.45, 7) is 1.12. The van der Waals surface area contributed by atoms with Gasteiger partial charge in [0.15, 0.2) is 5.82 Å². The van der Waals surface area contributed by atoms with E-state index in [4.69, 9.17) is 11.6 Å². The molecule has 0 bridgehead atoms. The van der Waals surface area contributed by atoms with E-state index < -0.39 is 0 Å². The molecule has 1 heterocycles. The Kier molecular flexibility index (Phi) is 5.74. The smallest absolute Gasteiger partial charge is 0.244 e. The largest absolute Gasteiger partial charge is 0.368 e. The summed E-state index contributed by atoms with van der Waals surface area (Å²) in [5.41, 5.74) is 1.73. The van der Waals surface area contributed by atoms with Crippen molar-refractivity contribution < 1.29 is 4.39 Å². The van der Waals surface area contributed by atoms with Crippen LogP contribution in [0, 0.1) is 5.82 Å². The number of benzene rings is 2. The summed E-state index contributed by atoms with van der Waals surface area (Å²) in [6, 6.07) is 14.3. The van der Waals surface area contributed by atoms with Crippen LogP contribution in [0.5, 0.6) is 0 Å². The van der Waals surface area contributed by atoms with E-state index in [1.807, 2.05) is 30.3 Å². The Morgan fingerprint density at radius 1 is 1.00 bits per heavy atom. The molecule has 7 heteroatoms. The first-order valence-corrected chi connectivity index (χ1v) is 8.24. The summed E-state index contributed by atoms with van der Waals surface area (Å²) in [4.78, 5) is 4.34. The Balaban J connectivity index is 1.52. The van der Waals surface area contributed by atoms with Crippen molar-refractivity contribution in [1.82, 2.24) is 15.2 Å². The molecule has 25 heavy (non-hydrogen) atoms. The maximum atomic E-state index is 13.6. The van der Waals surface area contributed by atoms with Gasteiger partial charge in [-0.1, -0.05) is 41.9 Å². The minimum absolute atomic E-state index is 0.199. The number of hydrogen-bond acceptors (Lipinski definition) is 5. The van der Waals surface area contributed by atoms with Gasteiger partial charge in [0.25, 0.3) is 0 Å². The van der Waals surface area contributed by atoms with E-state index in [1.54, 1.807) is 12.1 Å². The van der Waals surface area contributed by atoms with Gasteiger partial charge >= 0.3 is 0 Å². The maximum Gasteiger partial charge on any atom is 0.244 e. The average molecular weight is 358 g/mol. The fraction of sp³-hybridized carbons (Fsp3) is 0.167. The van der Waals surface area contributed by atoms with Crippen molar-refractivity contribution >= 4 is 23.4 Å². The molecule has 2 aromatic carbocycles. The fourth-order valence-corrected chi connectivity index (χ4v) is 2.40. The fourth-order valence-electron chi connectivity index (χ4n) is 2.27. The molecule has 0 saturated heterocycles. The van der Waals surface area contributed by atoms with Gasteiger partial charge in [0.1, 0.15) is 5.82 Å². The highest BCUT2D eigenvalue weighted by Gasteiger charge is 2.03. The second-order valence-electron chi connectivity index (χ2n) is 5.41. The highest BCUT2D eigenvalue weighted by atomic mass is 35.5. The summed E-state index contributed by atoms with van der Waals surface area (Å²) in [5.74, 6) is 0.811. The molecule has 3 rings (SSSR count). The van der Waals surface area contributed by atoms with Crippen LogP contribution in [0.2, 0.25) is 5.02 Å². The number of hydrogen-bond donors (Lipinski definition) is 2. The van der Waals surface area contributed by atoms with Crippen LogP contribution in [-0.2, 0) is 13.0 Å². The molecule has 1 aromatic heterocycles. The van der Waals surface area contributed by atoms with Crippen molar-refractivity contribution in [3.63, 3.8) is 0 Å². The first kappa shape index (κ1) is 17.1. The molecule has 2 N–H and O–H groups in total. The average Bonchev–Trinajstić information content (AvgIpc) is 2.63. The van der Waals surface area contributed by atoms with Gasteiger partial charge in [0.2, 0.25) is 5.95 Å². The normalized spacial score (nSPS) is 10.5. The molecule has 0 spiro atoms. The second-order valence-corrected chi connectivity index (χ2v) is 5.85. The van der Waals surface area contributed by atoms with Crippen molar-refractivity contribution in [2.75, 3.05) is 17.2 Å². The Hall–Kier alpha value is -2.73. The highest BCUT2D eigenvalue weighted by molar-refractivity contribution is 6.30. The van der Waals surface area contributed by atoms with Crippen LogP contribution >= 0.6 is 11.6 Å². The Bertz CT molecular complexity index is 826. The third kappa shape index (κ3) is 5.12. The zero-order chi connectivity index (χ0) is 17.5. The van der Waals surface area contributed by atoms with Gasteiger partial charge in [0, 0.05) is 18.1 Å². The predicted octanol–water partition coefficient (Wildman–Crippen LogP) is 3.93. The Labute approximate surface area is 150 Å². The second kappa shape index (κ2) is 8.39. The van der Waals surface area contributed by atoms with Gasteiger partial charge in [-0.05, 0) is 35.7 Å². The van der Waals surface area contributed by atoms with Crippen LogP contribution in [-0.4, -0.2) is 21.7 Å². The van der Waals surface area contributed by atoms with Crippen LogP contribution in [0.15, 0.2) is 54.7 Å². The summed E-state index contributed by atoms with van der Waals surface area (Å²) in [5, 5.41) is 14.8. The molecule has 3 aromatic rings. The van der Waals surface area contributed by atoms with Crippen molar-refractivity contribution in [2.24, 2.45) is 0 Å². The van der Waals surface area contributed by atoms with Crippen LogP contribution < -0.4 is 10.6 Å². The van der Waals surface area contributed by atoms with Gasteiger partial charge in [-0.2, -0.15) is 10.1 Å². The van der Waals surface area contributed by atoms with Crippen molar-refractivity contribution in [3.05, 3.63) is 76.7 Å². The van der Waals surface area contributed by atoms with E-state index in [0.717, 1.165) is 5.56 Å². The molecule has 128 valence electrons. The molecule has 0 aliphatic heterocycles. The van der Waals surface area contributed by atoms with E-state index in [1.165, 1.54) is 12.3 Å². The van der Waals surface area contributed by atoms with Crippen LogP contribution in [0.25, 0.3) is 0 Å². The first-order chi connectivity index (χ1) is 12.2. The maximum absolute atomic E-state index is 13.6. The molecule has 0 aliphatic carbocycles. The monoisotopic (exact) mass is 357 g/mol. The standard InChI is InChI=1S/C18H17ClFN5/c19-15-7-5-13(6-8-15)11-22-18-24-17(12-23-25-18)21-10-9-14-3-1-2-4-16(14)20/h1-8,12H,9-11H2,(H2,21,22,24,25). The predicted molar refractivity (Wildman–Crippen MR) is 97.2 cm³/mol. The summed E-state index contributed by atoms with van der Waals surface area (Å²) < 4.78 is 13.6. The first-order valence-electron chi connectivity index (χ1n) is 7.86. The molecule has 5 nitrogen and oxygen atoms in total. The lowest BCUT2D eigenvalue weighted by molar-refractivity contribution is 0.610. The Morgan fingerprint density at radius 2 is 1.80 bits per heavy atom. The summed E-state index contributed by atoms with van der Waals surface area (Å²) in [7, 11) is 0. The van der Waals surface area contributed by atoms with E-state index in [-0.39, 0.29) is 5.82 Å². The zero-order valence-electron chi connectivity index (χ0n) is 13.4. The van der Waals surface area contributed by atoms with Gasteiger partial charge < -0.3 is 10.6 Å². The quantitative estimate of drug-likeness (QED) is 0.670. The molecular formula is C18H17ClFN5. The molecule has 0 radical (unpaired) electrons. The minimum Gasteiger partial charge on any atom is -0.368 e. The van der Waals surface area contributed by atoms with Gasteiger partial charge in [0.05, 0.1) is 6.20 Å². The molecule has 0 amide bonds. The summed E-state index contributed by atoms with van der Waals surface area (Å²) >= 11 is 5.87. The van der Waals surface area contributed by atoms with Crippen LogP contribution in [0.1, 0.15) is 11.1 Å². The van der Waals surface area contributed by atoms with Crippen molar-refractivity contribution in [1.29, 1.82) is 0 Å². The van der Waals surface area contributed by atoms with E-state index in [9.17, 15) is 4.39 Å². The van der Waals surface area contributed by atoms with Gasteiger partial charge in [-0.25, -0.2) is 4.39 Å². The van der Waals surface area contributed by atoms with Crippen LogP contribution in [0.4, 0.5) is 16.2 Å². The molecule has 0 unspecified atom stereocenters. The minimum atomic E-state index is -0.199. The van der Waals surface area contributed by atoms with E-state index >= 15 is 0 Å². The van der Waals surface area contributed by atoms with Crippen LogP contribution in [0.3, 0.4) is 0 Å². The van der Waals surface area contributed by atoms with Gasteiger partial charge in [-0.15, -0.1) is 5.10 Å². The molecule has 0 aliphatic rings. The lowest BCUT2D eigenvalue weighted by Gasteiger charge is -2.08. The number of rotatable bonds is 7. The number of aromatic nitrogens is 3. The van der Waals surface area contributed by atoms with E-state index in [0.29, 0.717) is 41.9 Å². The number of anilines is 2. The summed E-state index contributed by atoms with van der Waals surface area (Å²) in [6.07, 6.45) is 2.10. The van der Waals surface area contributed by atoms with Gasteiger partial charge in [-0.3, -0.25) is 0 Å². The Morgan fingerprint density at radius 3 is 2.60 bits per heavy atom. The topological polar surface area (TPSA) is 62.7 Å². The zero-order valence-corrected chi connectivity index (χ0v) is 14.2. The molecular weight excluding hydrogens is 341 g/mol. The third-order valence-electron chi connectivity index (χ3n) is 3.58. The number of halogens is 2. The highest BCUT2D eigenvalue weighted by Crippen LogP contribution is 2.11. The molecule has 0 saturated carbocycles. The number of nitrogens with one attached hydrogen (secondary N) is 2. The lowest BCUT2D eigenvalue weighted by Crippen LogP contribution is -2.10. The van der Waals surface area contributed by atoms with Crippen molar-refractivity contribution in [2.45, 2.75) is 13.0 Å². The van der Waals surface area contributed by atoms with Crippen molar-refractivity contribution in [3.8, 4) is 0 Å². The molecule has 0 atom stereocenters. The van der Waals surface area contributed by atoms with E-state index in [2.05, 4.69) is 25.8 Å². The third-order valence-corrected chi connectivity index (χ3v) is 3.83.